The fraction of sp³-hybridized carbons (Fsp3) is 0.261. The van der Waals surface area contributed by atoms with Crippen LogP contribution in [0.25, 0.3) is 28.0 Å². The molecule has 0 spiro atoms. The molecule has 1 aliphatic carbocycles. The maximum absolute atomic E-state index is 6.30. The van der Waals surface area contributed by atoms with Gasteiger partial charge in [-0.1, -0.05) is 42.6 Å². The van der Waals surface area contributed by atoms with E-state index in [-0.39, 0.29) is 0 Å². The Morgan fingerprint density at radius 1 is 1.10 bits per heavy atom. The van der Waals surface area contributed by atoms with E-state index in [0.717, 1.165) is 33.1 Å². The molecule has 3 aromatic heterocycles. The van der Waals surface area contributed by atoms with Crippen LogP contribution in [-0.4, -0.2) is 31.9 Å². The van der Waals surface area contributed by atoms with Crippen molar-refractivity contribution in [2.24, 2.45) is 0 Å². The van der Waals surface area contributed by atoms with Gasteiger partial charge in [0.1, 0.15) is 5.69 Å². The lowest BCUT2D eigenvalue weighted by atomic mass is 10.0. The molecule has 5 nitrogen and oxygen atoms in total. The average molecular weight is 436 g/mol. The van der Waals surface area contributed by atoms with E-state index in [1.54, 1.807) is 11.8 Å². The van der Waals surface area contributed by atoms with E-state index < -0.39 is 0 Å². The number of halogens is 1. The van der Waals surface area contributed by atoms with Crippen LogP contribution in [0.4, 0.5) is 5.95 Å². The summed E-state index contributed by atoms with van der Waals surface area (Å²) < 4.78 is 1.99. The molecule has 0 atom stereocenters. The van der Waals surface area contributed by atoms with Crippen LogP contribution in [0, 0.1) is 0 Å². The Morgan fingerprint density at radius 2 is 1.93 bits per heavy atom. The molecule has 3 heterocycles. The lowest BCUT2D eigenvalue weighted by Gasteiger charge is -2.12. The molecule has 7 heteroatoms. The van der Waals surface area contributed by atoms with E-state index >= 15 is 0 Å². The van der Waals surface area contributed by atoms with Gasteiger partial charge in [-0.3, -0.25) is 0 Å². The Morgan fingerprint density at radius 3 is 2.73 bits per heavy atom. The number of pyridine rings is 1. The van der Waals surface area contributed by atoms with Crippen molar-refractivity contribution in [3.05, 3.63) is 59.8 Å². The number of thioether (sulfide) groups is 1. The Balaban J connectivity index is 1.68. The van der Waals surface area contributed by atoms with E-state index in [1.165, 1.54) is 25.7 Å². The van der Waals surface area contributed by atoms with Crippen LogP contribution in [0.1, 0.15) is 25.7 Å². The summed E-state index contributed by atoms with van der Waals surface area (Å²) in [4.78, 5) is 9.35. The van der Waals surface area contributed by atoms with Crippen molar-refractivity contribution in [1.29, 1.82) is 0 Å². The first-order valence-electron chi connectivity index (χ1n) is 10.1. The van der Waals surface area contributed by atoms with E-state index in [2.05, 4.69) is 34.8 Å². The van der Waals surface area contributed by atoms with Crippen LogP contribution in [-0.2, 0) is 0 Å². The summed E-state index contributed by atoms with van der Waals surface area (Å²) in [6.45, 7) is 0. The maximum atomic E-state index is 6.30. The molecule has 0 unspecified atom stereocenters. The number of aromatic nitrogens is 4. The van der Waals surface area contributed by atoms with Gasteiger partial charge in [0, 0.05) is 22.8 Å². The molecule has 0 amide bonds. The maximum Gasteiger partial charge on any atom is 0.223 e. The van der Waals surface area contributed by atoms with Crippen LogP contribution >= 0.6 is 23.4 Å². The topological polar surface area (TPSA) is 55.1 Å². The number of anilines is 1. The number of nitrogens with zero attached hydrogens (tertiary/aromatic N) is 4. The highest BCUT2D eigenvalue weighted by atomic mass is 35.5. The molecule has 1 fully saturated rings. The zero-order valence-corrected chi connectivity index (χ0v) is 18.2. The largest absolute Gasteiger partial charge is 0.351 e. The fourth-order valence-electron chi connectivity index (χ4n) is 4.11. The molecule has 0 saturated heterocycles. The highest BCUT2D eigenvalue weighted by Crippen LogP contribution is 2.36. The molecule has 4 aromatic rings. The highest BCUT2D eigenvalue weighted by molar-refractivity contribution is 7.98. The summed E-state index contributed by atoms with van der Waals surface area (Å²) in [6, 6.07) is 16.4. The number of benzene rings is 1. The van der Waals surface area contributed by atoms with Crippen LogP contribution in [0.2, 0.25) is 5.02 Å². The molecule has 30 heavy (non-hydrogen) atoms. The molecule has 0 aliphatic heterocycles. The standard InChI is InChI=1S/C23H22ClN5S/c1-30-20-11-5-10-19-21(22(28-29(19)20)15-6-4-7-16(24)14-15)18-12-13-25-23(27-18)26-17-8-2-3-9-17/h4-7,10-14,17H,2-3,8-9H2,1H3,(H,25,26,27). The SMILES string of the molecule is CSc1cccc2c(-c3ccnc(NC4CCCC4)n3)c(-c3cccc(Cl)c3)nn12. The quantitative estimate of drug-likeness (QED) is 0.379. The Kier molecular flexibility index (Phi) is 5.35. The minimum atomic E-state index is 0.458. The molecule has 1 aliphatic rings. The summed E-state index contributed by atoms with van der Waals surface area (Å²) in [5, 5.41) is 10.2. The third-order valence-electron chi connectivity index (χ3n) is 5.53. The normalized spacial score (nSPS) is 14.5. The van der Waals surface area contributed by atoms with Crippen molar-refractivity contribution in [2.45, 2.75) is 36.8 Å². The second-order valence-corrected chi connectivity index (χ2v) is 8.75. The molecule has 1 N–H and O–H groups in total. The van der Waals surface area contributed by atoms with E-state index in [1.807, 2.05) is 41.0 Å². The second-order valence-electron chi connectivity index (χ2n) is 7.49. The second kappa shape index (κ2) is 8.28. The zero-order valence-electron chi connectivity index (χ0n) is 16.7. The smallest absolute Gasteiger partial charge is 0.223 e. The van der Waals surface area contributed by atoms with Gasteiger partial charge in [-0.2, -0.15) is 5.10 Å². The fourth-order valence-corrected chi connectivity index (χ4v) is 4.83. The monoisotopic (exact) mass is 435 g/mol. The summed E-state index contributed by atoms with van der Waals surface area (Å²) >= 11 is 7.96. The van der Waals surface area contributed by atoms with Crippen molar-refractivity contribution in [2.75, 3.05) is 11.6 Å². The summed E-state index contributed by atoms with van der Waals surface area (Å²) in [6.07, 6.45) is 8.76. The van der Waals surface area contributed by atoms with Crippen molar-refractivity contribution >= 4 is 34.8 Å². The Hall–Kier alpha value is -2.57. The first-order chi connectivity index (χ1) is 14.7. The van der Waals surface area contributed by atoms with Crippen molar-refractivity contribution < 1.29 is 0 Å². The van der Waals surface area contributed by atoms with Gasteiger partial charge < -0.3 is 5.32 Å². The Bertz CT molecular complexity index is 1200. The van der Waals surface area contributed by atoms with Gasteiger partial charge in [-0.15, -0.1) is 11.8 Å². The van der Waals surface area contributed by atoms with Crippen molar-refractivity contribution in [1.82, 2.24) is 19.6 Å². The van der Waals surface area contributed by atoms with Gasteiger partial charge in [0.15, 0.2) is 0 Å². The van der Waals surface area contributed by atoms with Crippen molar-refractivity contribution in [3.8, 4) is 22.5 Å². The number of hydrogen-bond donors (Lipinski definition) is 1. The first-order valence-corrected chi connectivity index (χ1v) is 11.7. The third-order valence-corrected chi connectivity index (χ3v) is 6.49. The number of nitrogens with one attached hydrogen (secondary N) is 1. The van der Waals surface area contributed by atoms with Gasteiger partial charge >= 0.3 is 0 Å². The van der Waals surface area contributed by atoms with Gasteiger partial charge in [0.25, 0.3) is 0 Å². The molecular weight excluding hydrogens is 414 g/mol. The number of fused-ring (bicyclic) bond motifs is 1. The molecule has 1 saturated carbocycles. The number of hydrogen-bond acceptors (Lipinski definition) is 5. The summed E-state index contributed by atoms with van der Waals surface area (Å²) in [7, 11) is 0. The lowest BCUT2D eigenvalue weighted by molar-refractivity contribution is 0.744. The molecule has 5 rings (SSSR count). The van der Waals surface area contributed by atoms with E-state index in [9.17, 15) is 0 Å². The van der Waals surface area contributed by atoms with Crippen LogP contribution < -0.4 is 5.32 Å². The summed E-state index contributed by atoms with van der Waals surface area (Å²) in [5.74, 6) is 0.678. The molecular formula is C23H22ClN5S. The van der Waals surface area contributed by atoms with E-state index in [0.29, 0.717) is 17.0 Å². The van der Waals surface area contributed by atoms with Crippen LogP contribution in [0.5, 0.6) is 0 Å². The Labute approximate surface area is 184 Å². The van der Waals surface area contributed by atoms with Gasteiger partial charge in [-0.05, 0) is 49.4 Å². The van der Waals surface area contributed by atoms with Gasteiger partial charge in [0.05, 0.1) is 21.8 Å². The predicted molar refractivity (Wildman–Crippen MR) is 124 cm³/mol. The number of rotatable bonds is 5. The molecule has 0 radical (unpaired) electrons. The third kappa shape index (κ3) is 3.66. The highest BCUT2D eigenvalue weighted by Gasteiger charge is 2.21. The van der Waals surface area contributed by atoms with Crippen molar-refractivity contribution in [3.63, 3.8) is 0 Å². The molecule has 1 aromatic carbocycles. The van der Waals surface area contributed by atoms with E-state index in [4.69, 9.17) is 21.7 Å². The predicted octanol–water partition coefficient (Wildman–Crippen LogP) is 6.19. The summed E-state index contributed by atoms with van der Waals surface area (Å²) in [5.41, 5.74) is 4.70. The first kappa shape index (κ1) is 19.4. The lowest BCUT2D eigenvalue weighted by Crippen LogP contribution is -2.16. The van der Waals surface area contributed by atoms with Crippen LogP contribution in [0.3, 0.4) is 0 Å². The van der Waals surface area contributed by atoms with Gasteiger partial charge in [0.2, 0.25) is 5.95 Å². The van der Waals surface area contributed by atoms with Crippen LogP contribution in [0.15, 0.2) is 59.8 Å². The zero-order chi connectivity index (χ0) is 20.5. The minimum Gasteiger partial charge on any atom is -0.351 e. The molecule has 0 bridgehead atoms. The molecule has 152 valence electrons. The van der Waals surface area contributed by atoms with Gasteiger partial charge in [-0.25, -0.2) is 14.5 Å². The average Bonchev–Trinajstić information content (AvgIpc) is 3.41. The minimum absolute atomic E-state index is 0.458.